The second kappa shape index (κ2) is 5.70. The molecule has 0 spiro atoms. The Kier molecular flexibility index (Phi) is 3.61. The Hall–Kier alpha value is -2.67. The van der Waals surface area contributed by atoms with E-state index in [0.29, 0.717) is 21.5 Å². The predicted octanol–water partition coefficient (Wildman–Crippen LogP) is 4.15. The summed E-state index contributed by atoms with van der Waals surface area (Å²) in [4.78, 5) is 0.290. The van der Waals surface area contributed by atoms with Gasteiger partial charge in [-0.3, -0.25) is 4.31 Å². The van der Waals surface area contributed by atoms with Crippen LogP contribution in [0.25, 0.3) is 10.8 Å². The molecule has 0 aromatic heterocycles. The number of halogens is 2. The number of anilines is 1. The highest BCUT2D eigenvalue weighted by Gasteiger charge is 2.35. The molecule has 0 aliphatic carbocycles. The van der Waals surface area contributed by atoms with E-state index >= 15 is 0 Å². The van der Waals surface area contributed by atoms with Crippen LogP contribution >= 0.6 is 0 Å². The monoisotopic (exact) mass is 361 g/mol. The van der Waals surface area contributed by atoms with Crippen molar-refractivity contribution in [3.63, 3.8) is 0 Å². The van der Waals surface area contributed by atoms with E-state index in [9.17, 15) is 17.2 Å². The molecular weight excluding hydrogens is 348 g/mol. The van der Waals surface area contributed by atoms with E-state index in [1.807, 2.05) is 18.2 Å². The van der Waals surface area contributed by atoms with Gasteiger partial charge >= 0.3 is 6.61 Å². The summed E-state index contributed by atoms with van der Waals surface area (Å²) in [6.07, 6.45) is 0. The van der Waals surface area contributed by atoms with Crippen LogP contribution in [0.5, 0.6) is 5.75 Å². The van der Waals surface area contributed by atoms with E-state index < -0.39 is 16.6 Å². The molecule has 0 atom stereocenters. The number of alkyl halides is 2. The minimum absolute atomic E-state index is 0.0356. The maximum absolute atomic E-state index is 12.9. The van der Waals surface area contributed by atoms with Crippen LogP contribution in [-0.2, 0) is 16.6 Å². The zero-order valence-electron chi connectivity index (χ0n) is 12.9. The first kappa shape index (κ1) is 15.8. The maximum Gasteiger partial charge on any atom is 0.387 e. The summed E-state index contributed by atoms with van der Waals surface area (Å²) in [5.41, 5.74) is 1.30. The zero-order valence-corrected chi connectivity index (χ0v) is 13.7. The summed E-state index contributed by atoms with van der Waals surface area (Å²) in [6.45, 7) is -2.78. The lowest BCUT2D eigenvalue weighted by Gasteiger charge is -2.19. The summed E-state index contributed by atoms with van der Waals surface area (Å²) in [5, 5.41) is 1.57. The van der Waals surface area contributed by atoms with Crippen LogP contribution in [0.1, 0.15) is 5.56 Å². The number of benzene rings is 3. The Balaban J connectivity index is 1.71. The SMILES string of the molecule is O=S1(=O)c2cccc3cccc(c23)N1Cc1ccc(OC(F)F)cc1. The minimum Gasteiger partial charge on any atom is -0.435 e. The van der Waals surface area contributed by atoms with E-state index in [0.717, 1.165) is 5.39 Å². The van der Waals surface area contributed by atoms with Gasteiger partial charge in [0.2, 0.25) is 0 Å². The molecule has 0 N–H and O–H groups in total. The van der Waals surface area contributed by atoms with Gasteiger partial charge in [0, 0.05) is 5.39 Å². The standard InChI is InChI=1S/C18H13F2NO3S/c19-18(20)24-14-9-7-12(8-10-14)11-21-15-5-1-3-13-4-2-6-16(17(13)15)25(21,22)23/h1-10,18H,11H2. The predicted molar refractivity (Wildman–Crippen MR) is 90.4 cm³/mol. The number of rotatable bonds is 4. The van der Waals surface area contributed by atoms with Crippen molar-refractivity contribution >= 4 is 26.5 Å². The molecule has 0 fully saturated rings. The van der Waals surface area contributed by atoms with Gasteiger partial charge in [-0.25, -0.2) is 8.42 Å². The highest BCUT2D eigenvalue weighted by atomic mass is 32.2. The van der Waals surface area contributed by atoms with Crippen molar-refractivity contribution < 1.29 is 21.9 Å². The first-order valence-electron chi connectivity index (χ1n) is 7.55. The molecular formula is C18H13F2NO3S. The van der Waals surface area contributed by atoms with Crippen LogP contribution in [0, 0.1) is 0 Å². The van der Waals surface area contributed by atoms with Crippen LogP contribution in [-0.4, -0.2) is 15.0 Å². The average molecular weight is 361 g/mol. The zero-order chi connectivity index (χ0) is 17.6. The van der Waals surface area contributed by atoms with Gasteiger partial charge in [0.1, 0.15) is 5.75 Å². The van der Waals surface area contributed by atoms with Crippen molar-refractivity contribution in [2.45, 2.75) is 18.1 Å². The molecule has 3 aromatic carbocycles. The van der Waals surface area contributed by atoms with Crippen LogP contribution in [0.3, 0.4) is 0 Å². The lowest BCUT2D eigenvalue weighted by Crippen LogP contribution is -2.26. The largest absolute Gasteiger partial charge is 0.435 e. The topological polar surface area (TPSA) is 46.6 Å². The van der Waals surface area contributed by atoms with E-state index in [4.69, 9.17) is 0 Å². The minimum atomic E-state index is -3.64. The molecule has 4 nitrogen and oxygen atoms in total. The Labute approximate surface area is 143 Å². The van der Waals surface area contributed by atoms with E-state index in [-0.39, 0.29) is 12.3 Å². The first-order valence-corrected chi connectivity index (χ1v) is 8.99. The van der Waals surface area contributed by atoms with Crippen molar-refractivity contribution in [3.8, 4) is 5.75 Å². The molecule has 1 heterocycles. The summed E-state index contributed by atoms with van der Waals surface area (Å²) >= 11 is 0. The van der Waals surface area contributed by atoms with Gasteiger partial charge in [0.15, 0.2) is 0 Å². The van der Waals surface area contributed by atoms with Gasteiger partial charge in [-0.15, -0.1) is 0 Å². The van der Waals surface area contributed by atoms with Gasteiger partial charge in [0.25, 0.3) is 10.0 Å². The molecule has 7 heteroatoms. The summed E-state index contributed by atoms with van der Waals surface area (Å²) in [7, 11) is -3.64. The van der Waals surface area contributed by atoms with Gasteiger partial charge in [-0.05, 0) is 35.2 Å². The Bertz CT molecular complexity index is 1040. The molecule has 128 valence electrons. The Morgan fingerprint density at radius 1 is 0.960 bits per heavy atom. The molecule has 3 aromatic rings. The third kappa shape index (κ3) is 2.60. The third-order valence-electron chi connectivity index (χ3n) is 4.16. The molecule has 0 saturated carbocycles. The van der Waals surface area contributed by atoms with Crippen molar-refractivity contribution in [3.05, 3.63) is 66.2 Å². The maximum atomic E-state index is 12.9. The van der Waals surface area contributed by atoms with Gasteiger partial charge < -0.3 is 4.74 Å². The Morgan fingerprint density at radius 2 is 1.64 bits per heavy atom. The number of ether oxygens (including phenoxy) is 1. The van der Waals surface area contributed by atoms with Crippen molar-refractivity contribution in [2.24, 2.45) is 0 Å². The first-order chi connectivity index (χ1) is 12.0. The number of nitrogens with zero attached hydrogens (tertiary/aromatic N) is 1. The Morgan fingerprint density at radius 3 is 2.32 bits per heavy atom. The van der Waals surface area contributed by atoms with Crippen LogP contribution in [0.4, 0.5) is 14.5 Å². The molecule has 25 heavy (non-hydrogen) atoms. The molecule has 1 aliphatic heterocycles. The van der Waals surface area contributed by atoms with Crippen molar-refractivity contribution in [2.75, 3.05) is 4.31 Å². The second-order valence-electron chi connectivity index (χ2n) is 5.67. The lowest BCUT2D eigenvalue weighted by molar-refractivity contribution is -0.0498. The molecule has 0 saturated heterocycles. The van der Waals surface area contributed by atoms with E-state index in [2.05, 4.69) is 4.74 Å². The highest BCUT2D eigenvalue weighted by Crippen LogP contribution is 2.42. The number of sulfonamides is 1. The molecule has 1 aliphatic rings. The second-order valence-corrected chi connectivity index (χ2v) is 7.50. The van der Waals surface area contributed by atoms with Gasteiger partial charge in [-0.1, -0.05) is 36.4 Å². The smallest absolute Gasteiger partial charge is 0.387 e. The van der Waals surface area contributed by atoms with Crippen LogP contribution in [0.2, 0.25) is 0 Å². The molecule has 4 rings (SSSR count). The van der Waals surface area contributed by atoms with Gasteiger partial charge in [-0.2, -0.15) is 8.78 Å². The fourth-order valence-electron chi connectivity index (χ4n) is 3.07. The lowest BCUT2D eigenvalue weighted by atomic mass is 10.1. The highest BCUT2D eigenvalue weighted by molar-refractivity contribution is 7.93. The van der Waals surface area contributed by atoms with E-state index in [1.54, 1.807) is 30.3 Å². The van der Waals surface area contributed by atoms with Crippen LogP contribution in [0.15, 0.2) is 65.6 Å². The number of hydrogen-bond acceptors (Lipinski definition) is 3. The van der Waals surface area contributed by atoms with Crippen LogP contribution < -0.4 is 9.04 Å². The number of hydrogen-bond donors (Lipinski definition) is 0. The van der Waals surface area contributed by atoms with Gasteiger partial charge in [0.05, 0.1) is 17.1 Å². The average Bonchev–Trinajstić information content (AvgIpc) is 2.80. The summed E-state index contributed by atoms with van der Waals surface area (Å²) < 4.78 is 55.9. The quantitative estimate of drug-likeness (QED) is 0.701. The normalized spacial score (nSPS) is 15.1. The molecule has 0 radical (unpaired) electrons. The van der Waals surface area contributed by atoms with Crippen molar-refractivity contribution in [1.82, 2.24) is 0 Å². The van der Waals surface area contributed by atoms with Crippen molar-refractivity contribution in [1.29, 1.82) is 0 Å². The molecule has 0 amide bonds. The fourth-order valence-corrected chi connectivity index (χ4v) is 4.77. The fraction of sp³-hybridized carbons (Fsp3) is 0.111. The molecule has 0 unspecified atom stereocenters. The summed E-state index contributed by atoms with van der Waals surface area (Å²) in [5.74, 6) is 0.0356. The van der Waals surface area contributed by atoms with E-state index in [1.165, 1.54) is 16.4 Å². The molecule has 0 bridgehead atoms. The third-order valence-corrected chi connectivity index (χ3v) is 5.96. The summed E-state index contributed by atoms with van der Waals surface area (Å²) in [6, 6.07) is 16.6.